The van der Waals surface area contributed by atoms with E-state index < -0.39 is 0 Å². The lowest BCUT2D eigenvalue weighted by atomic mass is 10.3. The van der Waals surface area contributed by atoms with Gasteiger partial charge in [0.1, 0.15) is 11.1 Å². The number of thiocarbonyl (C=S) groups is 1. The normalized spacial score (nSPS) is 21.3. The summed E-state index contributed by atoms with van der Waals surface area (Å²) >= 11 is 4.90. The van der Waals surface area contributed by atoms with Crippen LogP contribution >= 0.6 is 12.2 Å². The fourth-order valence-corrected chi connectivity index (χ4v) is 1.60. The van der Waals surface area contributed by atoms with Gasteiger partial charge in [0.25, 0.3) is 0 Å². The molecular formula is C9H12N4OS. The fraction of sp³-hybridized carbons (Fsp3) is 0.444. The Morgan fingerprint density at radius 2 is 2.27 bits per heavy atom. The van der Waals surface area contributed by atoms with Gasteiger partial charge in [0.15, 0.2) is 0 Å². The Labute approximate surface area is 93.3 Å². The largest absolute Gasteiger partial charge is 0.391 e. The zero-order valence-electron chi connectivity index (χ0n) is 8.17. The van der Waals surface area contributed by atoms with Crippen molar-refractivity contribution in [3.63, 3.8) is 0 Å². The van der Waals surface area contributed by atoms with Crippen molar-refractivity contribution in [3.05, 3.63) is 18.5 Å². The molecule has 2 heterocycles. The van der Waals surface area contributed by atoms with E-state index in [9.17, 15) is 0 Å². The summed E-state index contributed by atoms with van der Waals surface area (Å²) < 4.78 is 5.43. The van der Waals surface area contributed by atoms with Crippen LogP contribution in [0.4, 0.5) is 5.95 Å². The van der Waals surface area contributed by atoms with E-state index in [1.807, 2.05) is 4.90 Å². The maximum Gasteiger partial charge on any atom is 0.225 e. The third-order valence-electron chi connectivity index (χ3n) is 2.22. The summed E-state index contributed by atoms with van der Waals surface area (Å²) in [6, 6.07) is 1.79. The molecule has 2 rings (SSSR count). The minimum absolute atomic E-state index is 0.197. The predicted molar refractivity (Wildman–Crippen MR) is 60.8 cm³/mol. The van der Waals surface area contributed by atoms with Crippen molar-refractivity contribution < 1.29 is 4.74 Å². The van der Waals surface area contributed by atoms with Gasteiger partial charge in [-0.1, -0.05) is 12.2 Å². The van der Waals surface area contributed by atoms with Crippen molar-refractivity contribution >= 4 is 23.2 Å². The molecule has 0 saturated carbocycles. The zero-order chi connectivity index (χ0) is 10.7. The summed E-state index contributed by atoms with van der Waals surface area (Å²) in [6.07, 6.45) is 3.23. The topological polar surface area (TPSA) is 64.3 Å². The van der Waals surface area contributed by atoms with E-state index in [4.69, 9.17) is 22.7 Å². The minimum Gasteiger partial charge on any atom is -0.391 e. The fourth-order valence-electron chi connectivity index (χ4n) is 1.46. The Bertz CT molecular complexity index is 345. The second-order valence-electron chi connectivity index (χ2n) is 3.26. The van der Waals surface area contributed by atoms with Gasteiger partial charge in [0.2, 0.25) is 5.95 Å². The first kappa shape index (κ1) is 10.3. The lowest BCUT2D eigenvalue weighted by Gasteiger charge is -2.32. The number of hydrogen-bond donors (Lipinski definition) is 1. The molecule has 0 aliphatic carbocycles. The van der Waals surface area contributed by atoms with Crippen LogP contribution < -0.4 is 10.6 Å². The molecule has 1 aromatic heterocycles. The van der Waals surface area contributed by atoms with Gasteiger partial charge in [-0.3, -0.25) is 0 Å². The molecule has 80 valence electrons. The Morgan fingerprint density at radius 3 is 2.93 bits per heavy atom. The van der Waals surface area contributed by atoms with Gasteiger partial charge in [-0.25, -0.2) is 9.97 Å². The Hall–Kier alpha value is -1.27. The van der Waals surface area contributed by atoms with Gasteiger partial charge in [-0.05, 0) is 6.07 Å². The Morgan fingerprint density at radius 1 is 1.53 bits per heavy atom. The predicted octanol–water partition coefficient (Wildman–Crippen LogP) is -0.0321. The van der Waals surface area contributed by atoms with E-state index in [1.165, 1.54) is 0 Å². The summed E-state index contributed by atoms with van der Waals surface area (Å²) in [7, 11) is 0. The third kappa shape index (κ3) is 2.40. The molecular weight excluding hydrogens is 212 g/mol. The van der Waals surface area contributed by atoms with E-state index in [0.717, 1.165) is 6.54 Å². The van der Waals surface area contributed by atoms with E-state index in [2.05, 4.69) is 9.97 Å². The standard InChI is InChI=1S/C9H12N4OS/c10-8(15)7-6-13(4-5-14-7)9-11-2-1-3-12-9/h1-3,7H,4-6H2,(H2,10,15). The van der Waals surface area contributed by atoms with Gasteiger partial charge in [-0.15, -0.1) is 0 Å². The first-order valence-corrected chi connectivity index (χ1v) is 5.11. The van der Waals surface area contributed by atoms with Crippen LogP contribution in [0.1, 0.15) is 0 Å². The second kappa shape index (κ2) is 4.50. The second-order valence-corrected chi connectivity index (χ2v) is 3.73. The molecule has 0 aromatic carbocycles. The number of morpholine rings is 1. The van der Waals surface area contributed by atoms with Crippen LogP contribution in [0.2, 0.25) is 0 Å². The summed E-state index contributed by atoms with van der Waals surface area (Å²) in [5, 5.41) is 0. The summed E-state index contributed by atoms with van der Waals surface area (Å²) in [4.78, 5) is 10.7. The van der Waals surface area contributed by atoms with Gasteiger partial charge in [0.05, 0.1) is 13.2 Å². The number of anilines is 1. The number of nitrogens with two attached hydrogens (primary N) is 1. The number of rotatable bonds is 2. The van der Waals surface area contributed by atoms with Crippen LogP contribution in [0.3, 0.4) is 0 Å². The van der Waals surface area contributed by atoms with Crippen molar-refractivity contribution in [1.29, 1.82) is 0 Å². The maximum atomic E-state index is 5.55. The van der Waals surface area contributed by atoms with E-state index in [1.54, 1.807) is 18.5 Å². The van der Waals surface area contributed by atoms with Crippen molar-refractivity contribution in [2.45, 2.75) is 6.10 Å². The lowest BCUT2D eigenvalue weighted by Crippen LogP contribution is -2.48. The van der Waals surface area contributed by atoms with Gasteiger partial charge in [-0.2, -0.15) is 0 Å². The van der Waals surface area contributed by atoms with Crippen molar-refractivity contribution in [2.75, 3.05) is 24.6 Å². The van der Waals surface area contributed by atoms with Crippen molar-refractivity contribution in [2.24, 2.45) is 5.73 Å². The highest BCUT2D eigenvalue weighted by molar-refractivity contribution is 7.80. The van der Waals surface area contributed by atoms with Crippen LogP contribution in [0, 0.1) is 0 Å². The molecule has 1 unspecified atom stereocenters. The summed E-state index contributed by atoms with van der Waals surface area (Å²) in [5.41, 5.74) is 5.55. The Balaban J connectivity index is 2.08. The van der Waals surface area contributed by atoms with Crippen LogP contribution in [-0.4, -0.2) is 40.8 Å². The van der Waals surface area contributed by atoms with Gasteiger partial charge < -0.3 is 15.4 Å². The molecule has 1 aliphatic rings. The molecule has 1 saturated heterocycles. The molecule has 6 heteroatoms. The van der Waals surface area contributed by atoms with Crippen LogP contribution in [0.25, 0.3) is 0 Å². The van der Waals surface area contributed by atoms with Crippen molar-refractivity contribution in [3.8, 4) is 0 Å². The molecule has 1 atom stereocenters. The van der Waals surface area contributed by atoms with E-state index >= 15 is 0 Å². The highest BCUT2D eigenvalue weighted by Gasteiger charge is 2.23. The minimum atomic E-state index is -0.197. The molecule has 0 radical (unpaired) electrons. The van der Waals surface area contributed by atoms with Crippen LogP contribution in [0.15, 0.2) is 18.5 Å². The molecule has 5 nitrogen and oxygen atoms in total. The number of aromatic nitrogens is 2. The van der Waals surface area contributed by atoms with E-state index in [-0.39, 0.29) is 6.10 Å². The Kier molecular flexibility index (Phi) is 3.08. The number of ether oxygens (including phenoxy) is 1. The summed E-state index contributed by atoms with van der Waals surface area (Å²) in [6.45, 7) is 1.99. The van der Waals surface area contributed by atoms with Crippen LogP contribution in [-0.2, 0) is 4.74 Å². The number of nitrogens with zero attached hydrogens (tertiary/aromatic N) is 3. The SMILES string of the molecule is NC(=S)C1CN(c2ncccn2)CCO1. The molecule has 2 N–H and O–H groups in total. The first-order chi connectivity index (χ1) is 7.27. The average Bonchev–Trinajstić information content (AvgIpc) is 2.30. The maximum absolute atomic E-state index is 5.55. The molecule has 0 amide bonds. The molecule has 1 aromatic rings. The molecule has 15 heavy (non-hydrogen) atoms. The van der Waals surface area contributed by atoms with Gasteiger partial charge >= 0.3 is 0 Å². The quantitative estimate of drug-likeness (QED) is 0.712. The third-order valence-corrected chi connectivity index (χ3v) is 2.48. The monoisotopic (exact) mass is 224 g/mol. The lowest BCUT2D eigenvalue weighted by molar-refractivity contribution is 0.0840. The number of hydrogen-bond acceptors (Lipinski definition) is 5. The first-order valence-electron chi connectivity index (χ1n) is 4.70. The zero-order valence-corrected chi connectivity index (χ0v) is 8.98. The smallest absolute Gasteiger partial charge is 0.225 e. The van der Waals surface area contributed by atoms with E-state index in [0.29, 0.717) is 24.1 Å². The highest BCUT2D eigenvalue weighted by Crippen LogP contribution is 2.11. The highest BCUT2D eigenvalue weighted by atomic mass is 32.1. The molecule has 0 spiro atoms. The molecule has 0 bridgehead atoms. The molecule has 1 fully saturated rings. The molecule has 1 aliphatic heterocycles. The van der Waals surface area contributed by atoms with Crippen molar-refractivity contribution in [1.82, 2.24) is 9.97 Å². The average molecular weight is 224 g/mol. The summed E-state index contributed by atoms with van der Waals surface area (Å²) in [5.74, 6) is 0.696. The van der Waals surface area contributed by atoms with Gasteiger partial charge in [0, 0.05) is 18.9 Å². The van der Waals surface area contributed by atoms with Crippen LogP contribution in [0.5, 0.6) is 0 Å².